The minimum Gasteiger partial charge on any atom is -0.268 e. The van der Waals surface area contributed by atoms with Crippen molar-refractivity contribution in [3.63, 3.8) is 0 Å². The molecule has 0 atom stereocenters. The fourth-order valence-electron chi connectivity index (χ4n) is 2.74. The summed E-state index contributed by atoms with van der Waals surface area (Å²) < 4.78 is 0. The Bertz CT molecular complexity index is 882. The third-order valence-corrected chi connectivity index (χ3v) is 3.67. The molecule has 0 radical (unpaired) electrons. The van der Waals surface area contributed by atoms with E-state index in [-0.39, 0.29) is 11.8 Å². The molecule has 0 aliphatic carbocycles. The predicted molar refractivity (Wildman–Crippen MR) is 79.3 cm³/mol. The van der Waals surface area contributed by atoms with Crippen molar-refractivity contribution in [2.45, 2.75) is 0 Å². The molecule has 2 heterocycles. The Morgan fingerprint density at radius 3 is 2.57 bits per heavy atom. The van der Waals surface area contributed by atoms with Gasteiger partial charge in [0.2, 0.25) is 0 Å². The van der Waals surface area contributed by atoms with Crippen LogP contribution in [0.2, 0.25) is 0 Å². The number of hydrogen-bond donors (Lipinski definition) is 0. The fraction of sp³-hybridized carbons (Fsp3) is 0. The van der Waals surface area contributed by atoms with E-state index in [1.807, 2.05) is 24.3 Å². The molecule has 3 aromatic rings. The minimum atomic E-state index is -0.350. The predicted octanol–water partition coefficient (Wildman–Crippen LogP) is 3.04. The molecule has 0 saturated carbocycles. The van der Waals surface area contributed by atoms with Crippen LogP contribution in [-0.2, 0) is 0 Å². The number of aromatic nitrogens is 1. The zero-order valence-corrected chi connectivity index (χ0v) is 11.0. The summed E-state index contributed by atoms with van der Waals surface area (Å²) in [5.74, 6) is -0.632. The quantitative estimate of drug-likeness (QED) is 0.641. The molecule has 2 aromatic carbocycles. The van der Waals surface area contributed by atoms with E-state index in [1.54, 1.807) is 30.5 Å². The van der Waals surface area contributed by atoms with Crippen LogP contribution in [0.25, 0.3) is 10.8 Å². The molecule has 4 nitrogen and oxygen atoms in total. The Hall–Kier alpha value is -3.01. The summed E-state index contributed by atoms with van der Waals surface area (Å²) in [4.78, 5) is 30.4. The van der Waals surface area contributed by atoms with E-state index in [2.05, 4.69) is 4.98 Å². The first-order chi connectivity index (χ1) is 10.3. The Labute approximate surface area is 120 Å². The lowest BCUT2D eigenvalue weighted by Crippen LogP contribution is -2.33. The maximum Gasteiger partial charge on any atom is 0.266 e. The third-order valence-electron chi connectivity index (χ3n) is 3.67. The second-order valence-corrected chi connectivity index (χ2v) is 4.87. The number of carbonyl (C=O) groups is 2. The molecule has 100 valence electrons. The van der Waals surface area contributed by atoms with Gasteiger partial charge in [-0.05, 0) is 29.7 Å². The van der Waals surface area contributed by atoms with Crippen molar-refractivity contribution in [1.29, 1.82) is 0 Å². The van der Waals surface area contributed by atoms with Gasteiger partial charge in [0.15, 0.2) is 0 Å². The van der Waals surface area contributed by atoms with Gasteiger partial charge in [0.05, 0.1) is 16.8 Å². The highest BCUT2D eigenvalue weighted by molar-refractivity contribution is 6.36. The molecule has 0 spiro atoms. The SMILES string of the molecule is O=C(c1cccnc1)N1C(=O)c2cccc3cccc1c23. The Morgan fingerprint density at radius 2 is 1.81 bits per heavy atom. The van der Waals surface area contributed by atoms with Crippen LogP contribution < -0.4 is 4.90 Å². The molecule has 4 rings (SSSR count). The van der Waals surface area contributed by atoms with Gasteiger partial charge in [0.25, 0.3) is 11.8 Å². The monoisotopic (exact) mass is 274 g/mol. The molecule has 21 heavy (non-hydrogen) atoms. The van der Waals surface area contributed by atoms with Gasteiger partial charge in [0, 0.05) is 17.8 Å². The van der Waals surface area contributed by atoms with E-state index < -0.39 is 0 Å². The number of imide groups is 1. The molecular weight excluding hydrogens is 264 g/mol. The largest absolute Gasteiger partial charge is 0.268 e. The van der Waals surface area contributed by atoms with Gasteiger partial charge in [-0.25, -0.2) is 4.90 Å². The van der Waals surface area contributed by atoms with Crippen molar-refractivity contribution >= 4 is 28.3 Å². The average Bonchev–Trinajstić information content (AvgIpc) is 2.83. The van der Waals surface area contributed by atoms with Gasteiger partial charge in [-0.1, -0.05) is 24.3 Å². The van der Waals surface area contributed by atoms with Crippen molar-refractivity contribution in [2.24, 2.45) is 0 Å². The second kappa shape index (κ2) is 4.24. The number of benzene rings is 2. The summed E-state index contributed by atoms with van der Waals surface area (Å²) in [5, 5.41) is 1.79. The summed E-state index contributed by atoms with van der Waals surface area (Å²) in [6.45, 7) is 0. The smallest absolute Gasteiger partial charge is 0.266 e. The first kappa shape index (κ1) is 11.8. The summed E-state index contributed by atoms with van der Waals surface area (Å²) in [6.07, 6.45) is 3.07. The van der Waals surface area contributed by atoms with Crippen LogP contribution >= 0.6 is 0 Å². The van der Waals surface area contributed by atoms with E-state index in [0.717, 1.165) is 10.8 Å². The van der Waals surface area contributed by atoms with Crippen LogP contribution in [0, 0.1) is 0 Å². The Morgan fingerprint density at radius 1 is 1.00 bits per heavy atom. The van der Waals surface area contributed by atoms with Crippen LogP contribution in [0.5, 0.6) is 0 Å². The van der Waals surface area contributed by atoms with E-state index in [0.29, 0.717) is 16.8 Å². The summed E-state index contributed by atoms with van der Waals surface area (Å²) in [6, 6.07) is 14.4. The molecule has 0 N–H and O–H groups in total. The minimum absolute atomic E-state index is 0.282. The van der Waals surface area contributed by atoms with Crippen molar-refractivity contribution in [2.75, 3.05) is 4.90 Å². The van der Waals surface area contributed by atoms with Gasteiger partial charge in [-0.15, -0.1) is 0 Å². The first-order valence-corrected chi connectivity index (χ1v) is 6.58. The van der Waals surface area contributed by atoms with Crippen LogP contribution in [0.15, 0.2) is 60.9 Å². The van der Waals surface area contributed by atoms with Crippen molar-refractivity contribution in [3.8, 4) is 0 Å². The second-order valence-electron chi connectivity index (χ2n) is 4.87. The summed E-state index contributed by atoms with van der Waals surface area (Å²) >= 11 is 0. The van der Waals surface area contributed by atoms with Crippen molar-refractivity contribution in [3.05, 3.63) is 72.1 Å². The molecule has 0 bridgehead atoms. The zero-order chi connectivity index (χ0) is 14.4. The maximum atomic E-state index is 12.6. The lowest BCUT2D eigenvalue weighted by atomic mass is 10.1. The number of rotatable bonds is 1. The number of pyridine rings is 1. The van der Waals surface area contributed by atoms with E-state index >= 15 is 0 Å². The Balaban J connectivity index is 1.92. The molecule has 2 amide bonds. The van der Waals surface area contributed by atoms with E-state index in [4.69, 9.17) is 0 Å². The zero-order valence-electron chi connectivity index (χ0n) is 11.0. The fourth-order valence-corrected chi connectivity index (χ4v) is 2.74. The molecule has 4 heteroatoms. The molecule has 0 unspecified atom stereocenters. The molecular formula is C17H10N2O2. The molecule has 1 aromatic heterocycles. The molecule has 0 saturated heterocycles. The van der Waals surface area contributed by atoms with Gasteiger partial charge in [-0.3, -0.25) is 14.6 Å². The molecule has 0 fully saturated rings. The number of nitrogens with zero attached hydrogens (tertiary/aromatic N) is 2. The van der Waals surface area contributed by atoms with Gasteiger partial charge >= 0.3 is 0 Å². The van der Waals surface area contributed by atoms with E-state index in [9.17, 15) is 9.59 Å². The van der Waals surface area contributed by atoms with Crippen molar-refractivity contribution in [1.82, 2.24) is 4.98 Å². The number of amides is 2. The lowest BCUT2D eigenvalue weighted by molar-refractivity contribution is 0.0903. The summed E-state index contributed by atoms with van der Waals surface area (Å²) in [7, 11) is 0. The van der Waals surface area contributed by atoms with Gasteiger partial charge in [-0.2, -0.15) is 0 Å². The summed E-state index contributed by atoms with van der Waals surface area (Å²) in [5.41, 5.74) is 1.61. The van der Waals surface area contributed by atoms with Crippen LogP contribution in [0.1, 0.15) is 20.7 Å². The number of carbonyl (C=O) groups excluding carboxylic acids is 2. The topological polar surface area (TPSA) is 50.3 Å². The van der Waals surface area contributed by atoms with Gasteiger partial charge < -0.3 is 0 Å². The first-order valence-electron chi connectivity index (χ1n) is 6.58. The normalized spacial score (nSPS) is 13.0. The third kappa shape index (κ3) is 1.59. The number of anilines is 1. The van der Waals surface area contributed by atoms with Crippen LogP contribution in [0.4, 0.5) is 5.69 Å². The Kier molecular flexibility index (Phi) is 2.38. The van der Waals surface area contributed by atoms with Gasteiger partial charge in [0.1, 0.15) is 0 Å². The molecule has 1 aliphatic rings. The van der Waals surface area contributed by atoms with Crippen LogP contribution in [-0.4, -0.2) is 16.8 Å². The maximum absolute atomic E-state index is 12.6. The standard InChI is InChI=1S/C17H10N2O2/c20-16(12-6-3-9-18-10-12)19-14-8-2-5-11-4-1-7-13(15(11)14)17(19)21/h1-10H. The molecule has 1 aliphatic heterocycles. The lowest BCUT2D eigenvalue weighted by Gasteiger charge is -2.15. The van der Waals surface area contributed by atoms with Crippen molar-refractivity contribution < 1.29 is 9.59 Å². The highest BCUT2D eigenvalue weighted by Crippen LogP contribution is 2.37. The number of hydrogen-bond acceptors (Lipinski definition) is 3. The highest BCUT2D eigenvalue weighted by atomic mass is 16.2. The average molecular weight is 274 g/mol. The van der Waals surface area contributed by atoms with Crippen LogP contribution in [0.3, 0.4) is 0 Å². The highest BCUT2D eigenvalue weighted by Gasteiger charge is 2.34. The van der Waals surface area contributed by atoms with E-state index in [1.165, 1.54) is 11.1 Å².